The highest BCUT2D eigenvalue weighted by molar-refractivity contribution is 8.00. The Labute approximate surface area is 161 Å². The summed E-state index contributed by atoms with van der Waals surface area (Å²) in [6, 6.07) is 0.359. The maximum Gasteiger partial charge on any atom is 0.316 e. The van der Waals surface area contributed by atoms with E-state index >= 15 is 0 Å². The molecule has 150 valence electrons. The molecule has 0 aromatic heterocycles. The number of nitrogens with one attached hydrogen (secondary N) is 7. The van der Waals surface area contributed by atoms with Gasteiger partial charge in [-0.05, 0) is 57.7 Å². The Hall–Kier alpha value is -0.580. The SMILES string of the molecule is CC1CCC(NCCCNC(=O)NC2NNC(C3CCCCN3)S2)NC1. The summed E-state index contributed by atoms with van der Waals surface area (Å²) in [6.45, 7) is 6.06. The van der Waals surface area contributed by atoms with Gasteiger partial charge in [-0.2, -0.15) is 0 Å². The fourth-order valence-corrected chi connectivity index (χ4v) is 4.85. The molecule has 9 heteroatoms. The fourth-order valence-electron chi connectivity index (χ4n) is 3.68. The second-order valence-corrected chi connectivity index (χ2v) is 8.88. The Bertz CT molecular complexity index is 427. The van der Waals surface area contributed by atoms with Crippen molar-refractivity contribution >= 4 is 17.8 Å². The zero-order chi connectivity index (χ0) is 18.2. The van der Waals surface area contributed by atoms with Gasteiger partial charge in [0.05, 0.1) is 11.5 Å². The summed E-state index contributed by atoms with van der Waals surface area (Å²) in [4.78, 5) is 12.0. The van der Waals surface area contributed by atoms with Crippen molar-refractivity contribution in [2.45, 2.75) is 68.5 Å². The maximum atomic E-state index is 12.0. The van der Waals surface area contributed by atoms with E-state index in [9.17, 15) is 4.79 Å². The first-order chi connectivity index (χ1) is 12.7. The molecule has 3 aliphatic rings. The van der Waals surface area contributed by atoms with E-state index in [2.05, 4.69) is 44.4 Å². The first kappa shape index (κ1) is 20.2. The third-order valence-electron chi connectivity index (χ3n) is 5.31. The minimum atomic E-state index is -0.112. The van der Waals surface area contributed by atoms with E-state index in [1.807, 2.05) is 0 Å². The Morgan fingerprint density at radius 2 is 2.04 bits per heavy atom. The lowest BCUT2D eigenvalue weighted by molar-refractivity contribution is 0.238. The van der Waals surface area contributed by atoms with Crippen LogP contribution in [0.3, 0.4) is 0 Å². The van der Waals surface area contributed by atoms with Crippen molar-refractivity contribution < 1.29 is 4.79 Å². The van der Waals surface area contributed by atoms with E-state index in [1.54, 1.807) is 11.8 Å². The topological polar surface area (TPSA) is 101 Å². The van der Waals surface area contributed by atoms with Crippen LogP contribution in [-0.2, 0) is 0 Å². The summed E-state index contributed by atoms with van der Waals surface area (Å²) in [6.07, 6.45) is 7.54. The molecule has 3 saturated heterocycles. The van der Waals surface area contributed by atoms with E-state index in [0.717, 1.165) is 32.0 Å². The number of hydrogen-bond donors (Lipinski definition) is 7. The number of hydrazine groups is 1. The number of carbonyl (C=O) groups is 1. The van der Waals surface area contributed by atoms with Crippen LogP contribution >= 0.6 is 11.8 Å². The van der Waals surface area contributed by atoms with Crippen LogP contribution in [0.25, 0.3) is 0 Å². The Kier molecular flexibility index (Phi) is 8.28. The Morgan fingerprint density at radius 3 is 2.81 bits per heavy atom. The van der Waals surface area contributed by atoms with Gasteiger partial charge in [0.2, 0.25) is 0 Å². The molecule has 8 nitrogen and oxygen atoms in total. The van der Waals surface area contributed by atoms with Crippen LogP contribution in [0.1, 0.15) is 45.4 Å². The van der Waals surface area contributed by atoms with Crippen molar-refractivity contribution in [3.05, 3.63) is 0 Å². The fraction of sp³-hybridized carbons (Fsp3) is 0.941. The summed E-state index contributed by atoms with van der Waals surface area (Å²) in [5.41, 5.74) is 6.36. The van der Waals surface area contributed by atoms with Crippen LogP contribution in [0.2, 0.25) is 0 Å². The molecule has 0 aromatic carbocycles. The molecule has 0 aliphatic carbocycles. The van der Waals surface area contributed by atoms with Crippen molar-refractivity contribution in [2.75, 3.05) is 26.2 Å². The first-order valence-electron chi connectivity index (χ1n) is 10.1. The molecule has 3 rings (SSSR count). The minimum absolute atomic E-state index is 0.0877. The van der Waals surface area contributed by atoms with E-state index < -0.39 is 0 Å². The Balaban J connectivity index is 1.21. The van der Waals surface area contributed by atoms with Gasteiger partial charge in [0.15, 0.2) is 0 Å². The molecule has 3 aliphatic heterocycles. The highest BCUT2D eigenvalue weighted by Gasteiger charge is 2.32. The third-order valence-corrected chi connectivity index (χ3v) is 6.55. The summed E-state index contributed by atoms with van der Waals surface area (Å²) >= 11 is 1.73. The standard InChI is InChI=1S/C17H35N7OS/c1-12-6-7-14(21-11-12)19-9-4-10-20-16(25)22-17-24-23-15(26-17)13-5-2-3-8-18-13/h12-15,17-19,21,23-24H,2-11H2,1H3,(H2,20,22,25). The molecule has 0 aromatic rings. The van der Waals surface area contributed by atoms with E-state index in [-0.39, 0.29) is 11.5 Å². The molecule has 3 fully saturated rings. The Morgan fingerprint density at radius 1 is 1.12 bits per heavy atom. The molecule has 0 bridgehead atoms. The van der Waals surface area contributed by atoms with Crippen LogP contribution in [0.4, 0.5) is 4.79 Å². The molecule has 5 atom stereocenters. The number of urea groups is 1. The highest BCUT2D eigenvalue weighted by Crippen LogP contribution is 2.24. The predicted octanol–water partition coefficient (Wildman–Crippen LogP) is 0.204. The highest BCUT2D eigenvalue weighted by atomic mass is 32.2. The third kappa shape index (κ3) is 6.54. The van der Waals surface area contributed by atoms with Gasteiger partial charge in [-0.15, -0.1) is 0 Å². The van der Waals surface area contributed by atoms with Gasteiger partial charge in [-0.1, -0.05) is 25.1 Å². The van der Waals surface area contributed by atoms with Crippen LogP contribution in [0.15, 0.2) is 0 Å². The van der Waals surface area contributed by atoms with Gasteiger partial charge in [0.25, 0.3) is 0 Å². The molecule has 3 heterocycles. The van der Waals surface area contributed by atoms with Gasteiger partial charge >= 0.3 is 6.03 Å². The average Bonchev–Trinajstić information content (AvgIpc) is 3.12. The second kappa shape index (κ2) is 10.7. The van der Waals surface area contributed by atoms with Crippen molar-refractivity contribution in [3.63, 3.8) is 0 Å². The zero-order valence-corrected chi connectivity index (χ0v) is 16.6. The number of thioether (sulfide) groups is 1. The largest absolute Gasteiger partial charge is 0.338 e. The average molecular weight is 386 g/mol. The lowest BCUT2D eigenvalue weighted by Crippen LogP contribution is -2.50. The van der Waals surface area contributed by atoms with Gasteiger partial charge in [-0.25, -0.2) is 15.6 Å². The van der Waals surface area contributed by atoms with Crippen LogP contribution < -0.4 is 37.4 Å². The number of piperidine rings is 2. The second-order valence-electron chi connectivity index (χ2n) is 7.63. The van der Waals surface area contributed by atoms with Crippen molar-refractivity contribution in [2.24, 2.45) is 5.92 Å². The summed E-state index contributed by atoms with van der Waals surface area (Å²) < 4.78 is 0. The maximum absolute atomic E-state index is 12.0. The molecule has 26 heavy (non-hydrogen) atoms. The lowest BCUT2D eigenvalue weighted by atomic mass is 10.00. The van der Waals surface area contributed by atoms with Crippen LogP contribution in [0, 0.1) is 5.92 Å². The molecule has 0 radical (unpaired) electrons. The molecule has 2 amide bonds. The zero-order valence-electron chi connectivity index (χ0n) is 15.8. The molecule has 5 unspecified atom stereocenters. The lowest BCUT2D eigenvalue weighted by Gasteiger charge is -2.28. The smallest absolute Gasteiger partial charge is 0.316 e. The molecule has 0 spiro atoms. The molecular formula is C17H35N7OS. The summed E-state index contributed by atoms with van der Waals surface area (Å²) in [5.74, 6) is 0.781. The minimum Gasteiger partial charge on any atom is -0.338 e. The number of carbonyl (C=O) groups excluding carboxylic acids is 1. The number of hydrogen-bond acceptors (Lipinski definition) is 7. The normalized spacial score (nSPS) is 35.2. The van der Waals surface area contributed by atoms with Gasteiger partial charge in [0.1, 0.15) is 5.50 Å². The van der Waals surface area contributed by atoms with Gasteiger partial charge < -0.3 is 26.6 Å². The van der Waals surface area contributed by atoms with Crippen molar-refractivity contribution in [1.29, 1.82) is 0 Å². The van der Waals surface area contributed by atoms with E-state index in [4.69, 9.17) is 0 Å². The quantitative estimate of drug-likeness (QED) is 0.314. The van der Waals surface area contributed by atoms with Gasteiger partial charge in [0, 0.05) is 12.6 Å². The molecule has 0 saturated carbocycles. The number of rotatable bonds is 7. The van der Waals surface area contributed by atoms with Crippen molar-refractivity contribution in [3.8, 4) is 0 Å². The first-order valence-corrected chi connectivity index (χ1v) is 11.1. The van der Waals surface area contributed by atoms with Gasteiger partial charge in [-0.3, -0.25) is 0 Å². The molecular weight excluding hydrogens is 350 g/mol. The van der Waals surface area contributed by atoms with Crippen molar-refractivity contribution in [1.82, 2.24) is 37.4 Å². The van der Waals surface area contributed by atoms with Crippen LogP contribution in [-0.4, -0.2) is 55.3 Å². The monoisotopic (exact) mass is 385 g/mol. The van der Waals surface area contributed by atoms with E-state index in [0.29, 0.717) is 24.1 Å². The summed E-state index contributed by atoms with van der Waals surface area (Å²) in [7, 11) is 0. The molecule has 7 N–H and O–H groups in total. The summed E-state index contributed by atoms with van der Waals surface area (Å²) in [5, 5.41) is 16.8. The predicted molar refractivity (Wildman–Crippen MR) is 106 cm³/mol. The number of amides is 2. The van der Waals surface area contributed by atoms with Crippen LogP contribution in [0.5, 0.6) is 0 Å². The van der Waals surface area contributed by atoms with E-state index in [1.165, 1.54) is 32.1 Å².